The van der Waals surface area contributed by atoms with Gasteiger partial charge in [-0.15, -0.1) is 0 Å². The molecule has 0 unspecified atom stereocenters. The number of aliphatic hydroxyl groups excluding tert-OH is 1. The number of hydrogen-bond donors (Lipinski definition) is 1. The van der Waals surface area contributed by atoms with Gasteiger partial charge in [-0.05, 0) is 35.4 Å². The van der Waals surface area contributed by atoms with Crippen molar-refractivity contribution in [2.24, 2.45) is 7.05 Å². The van der Waals surface area contributed by atoms with Gasteiger partial charge in [-0.3, -0.25) is 4.79 Å². The highest BCUT2D eigenvalue weighted by Gasteiger charge is 2.38. The number of halogens is 2. The Labute approximate surface area is 138 Å². The molecule has 1 aromatic heterocycles. The number of nitrogens with zero attached hydrogens (tertiary/aromatic N) is 2. The molecular formula is C16H16Cl2N2O2. The number of rotatable bonds is 2. The molecule has 1 heterocycles. The second kappa shape index (κ2) is 5.61. The monoisotopic (exact) mass is 338 g/mol. The number of hydrogen-bond acceptors (Lipinski definition) is 2. The number of likely N-dealkylation sites (N-methyl/N-ethyl adjacent to an activating group) is 1. The Kier molecular flexibility index (Phi) is 3.93. The van der Waals surface area contributed by atoms with Crippen LogP contribution in [0.4, 0.5) is 0 Å². The van der Waals surface area contributed by atoms with Crippen LogP contribution in [0.5, 0.6) is 0 Å². The van der Waals surface area contributed by atoms with Crippen LogP contribution in [0, 0.1) is 0 Å². The largest absolute Gasteiger partial charge is 0.390 e. The van der Waals surface area contributed by atoms with Gasteiger partial charge in [-0.2, -0.15) is 0 Å². The van der Waals surface area contributed by atoms with Crippen molar-refractivity contribution >= 4 is 29.1 Å². The minimum Gasteiger partial charge on any atom is -0.390 e. The SMILES string of the molecule is CN(C(=O)c1cccn1C)[C@H]1c2cc(Cl)cc(Cl)c2C[C@H]1O. The van der Waals surface area contributed by atoms with Gasteiger partial charge in [0.1, 0.15) is 5.69 Å². The number of fused-ring (bicyclic) bond motifs is 1. The van der Waals surface area contributed by atoms with E-state index >= 15 is 0 Å². The highest BCUT2D eigenvalue weighted by Crippen LogP contribution is 2.41. The van der Waals surface area contributed by atoms with E-state index in [-0.39, 0.29) is 5.91 Å². The molecule has 0 saturated heterocycles. The number of aryl methyl sites for hydroxylation is 1. The first kappa shape index (κ1) is 15.4. The van der Waals surface area contributed by atoms with Crippen molar-refractivity contribution in [2.45, 2.75) is 18.6 Å². The fourth-order valence-corrected chi connectivity index (χ4v) is 3.67. The van der Waals surface area contributed by atoms with Gasteiger partial charge in [0.25, 0.3) is 5.91 Å². The summed E-state index contributed by atoms with van der Waals surface area (Å²) in [4.78, 5) is 14.2. The van der Waals surface area contributed by atoms with E-state index < -0.39 is 12.1 Å². The Hall–Kier alpha value is -1.49. The van der Waals surface area contributed by atoms with Gasteiger partial charge in [-0.1, -0.05) is 23.2 Å². The molecule has 0 fully saturated rings. The van der Waals surface area contributed by atoms with Crippen molar-refractivity contribution in [3.8, 4) is 0 Å². The molecule has 2 aromatic rings. The number of aliphatic hydroxyl groups is 1. The number of carbonyl (C=O) groups excluding carboxylic acids is 1. The summed E-state index contributed by atoms with van der Waals surface area (Å²) in [7, 11) is 3.50. The Morgan fingerprint density at radius 3 is 2.77 bits per heavy atom. The summed E-state index contributed by atoms with van der Waals surface area (Å²) in [6, 6.07) is 6.56. The Bertz CT molecular complexity index is 742. The van der Waals surface area contributed by atoms with E-state index in [4.69, 9.17) is 23.2 Å². The van der Waals surface area contributed by atoms with Gasteiger partial charge in [0.15, 0.2) is 0 Å². The summed E-state index contributed by atoms with van der Waals surface area (Å²) in [5.41, 5.74) is 2.24. The van der Waals surface area contributed by atoms with Crippen molar-refractivity contribution in [3.05, 3.63) is 57.3 Å². The Morgan fingerprint density at radius 1 is 1.41 bits per heavy atom. The third kappa shape index (κ3) is 2.41. The van der Waals surface area contributed by atoms with Gasteiger partial charge >= 0.3 is 0 Å². The second-order valence-electron chi connectivity index (χ2n) is 5.59. The Balaban J connectivity index is 1.99. The quantitative estimate of drug-likeness (QED) is 0.914. The molecule has 1 amide bonds. The van der Waals surface area contributed by atoms with Crippen LogP contribution in [-0.2, 0) is 13.5 Å². The molecule has 1 aliphatic carbocycles. The van der Waals surface area contributed by atoms with Crippen LogP contribution in [0.25, 0.3) is 0 Å². The molecule has 0 bridgehead atoms. The van der Waals surface area contributed by atoms with E-state index in [2.05, 4.69) is 0 Å². The summed E-state index contributed by atoms with van der Waals surface area (Å²) < 4.78 is 1.76. The zero-order valence-corrected chi connectivity index (χ0v) is 13.8. The van der Waals surface area contributed by atoms with Crippen LogP contribution < -0.4 is 0 Å². The lowest BCUT2D eigenvalue weighted by molar-refractivity contribution is 0.0489. The molecule has 2 atom stereocenters. The zero-order valence-electron chi connectivity index (χ0n) is 12.3. The van der Waals surface area contributed by atoms with E-state index in [9.17, 15) is 9.90 Å². The van der Waals surface area contributed by atoms with E-state index in [1.807, 2.05) is 19.3 Å². The fourth-order valence-electron chi connectivity index (χ4n) is 3.09. The number of carbonyl (C=O) groups is 1. The molecule has 1 N–H and O–H groups in total. The molecule has 4 nitrogen and oxygen atoms in total. The lowest BCUT2D eigenvalue weighted by atomic mass is 10.1. The van der Waals surface area contributed by atoms with E-state index in [1.165, 1.54) is 0 Å². The highest BCUT2D eigenvalue weighted by atomic mass is 35.5. The molecule has 116 valence electrons. The first-order valence-electron chi connectivity index (χ1n) is 6.94. The maximum absolute atomic E-state index is 12.7. The van der Waals surface area contributed by atoms with E-state index in [0.29, 0.717) is 22.2 Å². The fraction of sp³-hybridized carbons (Fsp3) is 0.312. The van der Waals surface area contributed by atoms with Crippen LogP contribution >= 0.6 is 23.2 Å². The molecule has 6 heteroatoms. The number of benzene rings is 1. The maximum atomic E-state index is 12.7. The zero-order chi connectivity index (χ0) is 16.0. The Morgan fingerprint density at radius 2 is 2.14 bits per heavy atom. The first-order valence-corrected chi connectivity index (χ1v) is 7.70. The number of amides is 1. The lowest BCUT2D eigenvalue weighted by Gasteiger charge is -2.28. The topological polar surface area (TPSA) is 45.5 Å². The van der Waals surface area contributed by atoms with Crippen molar-refractivity contribution in [1.29, 1.82) is 0 Å². The minimum absolute atomic E-state index is 0.152. The van der Waals surface area contributed by atoms with Crippen LogP contribution in [-0.4, -0.2) is 33.6 Å². The molecule has 0 radical (unpaired) electrons. The van der Waals surface area contributed by atoms with Gasteiger partial charge in [0.2, 0.25) is 0 Å². The second-order valence-corrected chi connectivity index (χ2v) is 6.44. The van der Waals surface area contributed by atoms with Crippen molar-refractivity contribution in [3.63, 3.8) is 0 Å². The molecule has 0 saturated carbocycles. The van der Waals surface area contributed by atoms with Crippen molar-refractivity contribution in [2.75, 3.05) is 7.05 Å². The van der Waals surface area contributed by atoms with Crippen molar-refractivity contribution in [1.82, 2.24) is 9.47 Å². The van der Waals surface area contributed by atoms with Crippen LogP contribution in [0.15, 0.2) is 30.5 Å². The first-order chi connectivity index (χ1) is 10.4. The average molecular weight is 339 g/mol. The molecular weight excluding hydrogens is 323 g/mol. The third-order valence-electron chi connectivity index (χ3n) is 4.19. The number of aromatic nitrogens is 1. The van der Waals surface area contributed by atoms with E-state index in [0.717, 1.165) is 11.1 Å². The van der Waals surface area contributed by atoms with Crippen molar-refractivity contribution < 1.29 is 9.90 Å². The third-order valence-corrected chi connectivity index (χ3v) is 4.75. The maximum Gasteiger partial charge on any atom is 0.270 e. The van der Waals surface area contributed by atoms with Crippen LogP contribution in [0.1, 0.15) is 27.7 Å². The molecule has 22 heavy (non-hydrogen) atoms. The smallest absolute Gasteiger partial charge is 0.270 e. The van der Waals surface area contributed by atoms with Gasteiger partial charge < -0.3 is 14.6 Å². The highest BCUT2D eigenvalue weighted by molar-refractivity contribution is 6.35. The van der Waals surface area contributed by atoms with Gasteiger partial charge in [0.05, 0.1) is 12.1 Å². The molecule has 0 spiro atoms. The molecule has 3 rings (SSSR count). The predicted octanol–water partition coefficient (Wildman–Crippen LogP) is 3.06. The summed E-state index contributed by atoms with van der Waals surface area (Å²) >= 11 is 12.3. The lowest BCUT2D eigenvalue weighted by Crippen LogP contribution is -2.36. The van der Waals surface area contributed by atoms with Crippen LogP contribution in [0.3, 0.4) is 0 Å². The standard InChI is InChI=1S/C16H16Cl2N2O2/c1-19-5-3-4-13(19)16(22)20(2)15-11-6-9(17)7-12(18)10(11)8-14(15)21/h3-7,14-15,21H,8H2,1-2H3/t14-,15+/m1/s1. The summed E-state index contributed by atoms with van der Waals surface area (Å²) in [6.45, 7) is 0. The van der Waals surface area contributed by atoms with Gasteiger partial charge in [-0.25, -0.2) is 0 Å². The molecule has 1 aliphatic rings. The predicted molar refractivity (Wildman–Crippen MR) is 86.4 cm³/mol. The average Bonchev–Trinajstić information content (AvgIpc) is 3.01. The summed E-state index contributed by atoms with van der Waals surface area (Å²) in [5, 5.41) is 11.4. The molecule has 0 aliphatic heterocycles. The van der Waals surface area contributed by atoms with Gasteiger partial charge in [0, 0.05) is 36.8 Å². The summed E-state index contributed by atoms with van der Waals surface area (Å²) in [5.74, 6) is -0.152. The van der Waals surface area contributed by atoms with Crippen LogP contribution in [0.2, 0.25) is 10.0 Å². The van der Waals surface area contributed by atoms with E-state index in [1.54, 1.807) is 34.7 Å². The molecule has 1 aromatic carbocycles. The minimum atomic E-state index is -0.694. The normalized spacial score (nSPS) is 20.0. The summed E-state index contributed by atoms with van der Waals surface area (Å²) in [6.07, 6.45) is 1.54.